The van der Waals surface area contributed by atoms with Crippen LogP contribution in [0.3, 0.4) is 0 Å². The van der Waals surface area contributed by atoms with Crippen molar-refractivity contribution in [2.24, 2.45) is 12.9 Å². The van der Waals surface area contributed by atoms with Crippen molar-refractivity contribution in [3.05, 3.63) is 12.0 Å². The summed E-state index contributed by atoms with van der Waals surface area (Å²) in [5.41, 5.74) is 3.35. The molecule has 1 aliphatic carbocycles. The van der Waals surface area contributed by atoms with Crippen molar-refractivity contribution in [2.45, 2.75) is 38.4 Å². The van der Waals surface area contributed by atoms with E-state index in [0.717, 1.165) is 23.9 Å². The Morgan fingerprint density at radius 2 is 2.21 bits per heavy atom. The van der Waals surface area contributed by atoms with Crippen molar-refractivity contribution >= 4 is 16.9 Å². The van der Waals surface area contributed by atoms with Crippen LogP contribution in [-0.2, 0) is 18.4 Å². The summed E-state index contributed by atoms with van der Waals surface area (Å²) in [4.78, 5) is 8.84. The molecule has 0 spiro atoms. The molecule has 7 heteroatoms. The highest BCUT2D eigenvalue weighted by Gasteiger charge is 2.17. The minimum Gasteiger partial charge on any atom is -0.370 e. The van der Waals surface area contributed by atoms with Gasteiger partial charge in [0.05, 0.1) is 17.7 Å². The molecule has 3 rings (SSSR count). The van der Waals surface area contributed by atoms with Crippen molar-refractivity contribution in [1.82, 2.24) is 19.7 Å². The molecular formula is C12H18N6O. The number of aromatic nitrogens is 4. The Balaban J connectivity index is 1.84. The second-order valence-electron chi connectivity index (χ2n) is 4.86. The minimum atomic E-state index is 0.347. The molecule has 1 saturated carbocycles. The first kappa shape index (κ1) is 12.3. The Morgan fingerprint density at radius 1 is 1.42 bits per heavy atom. The normalized spacial score (nSPS) is 16.3. The molecule has 1 fully saturated rings. The lowest BCUT2D eigenvalue weighted by Gasteiger charge is -2.11. The maximum atomic E-state index is 5.83. The lowest BCUT2D eigenvalue weighted by atomic mass is 10.3. The van der Waals surface area contributed by atoms with Crippen LogP contribution < -0.4 is 11.3 Å². The third-order valence-electron chi connectivity index (χ3n) is 3.53. The fourth-order valence-corrected chi connectivity index (χ4v) is 2.49. The summed E-state index contributed by atoms with van der Waals surface area (Å²) in [5, 5.41) is 4.98. The fraction of sp³-hybridized carbons (Fsp3) is 0.583. The minimum absolute atomic E-state index is 0.347. The molecule has 0 atom stereocenters. The first-order chi connectivity index (χ1) is 9.28. The number of hydrogen-bond donors (Lipinski definition) is 2. The second-order valence-corrected chi connectivity index (χ2v) is 4.86. The Hall–Kier alpha value is -1.73. The van der Waals surface area contributed by atoms with E-state index in [9.17, 15) is 0 Å². The molecule has 3 N–H and O–H groups in total. The average Bonchev–Trinajstić information content (AvgIpc) is 3.06. The summed E-state index contributed by atoms with van der Waals surface area (Å²) in [7, 11) is 1.84. The van der Waals surface area contributed by atoms with Crippen LogP contribution in [-0.4, -0.2) is 25.9 Å². The number of aryl methyl sites for hydroxylation is 1. The molecule has 2 heterocycles. The molecule has 0 bridgehead atoms. The van der Waals surface area contributed by atoms with Gasteiger partial charge in [0.1, 0.15) is 6.61 Å². The van der Waals surface area contributed by atoms with E-state index in [1.54, 1.807) is 10.9 Å². The third kappa shape index (κ3) is 2.39. The first-order valence-electron chi connectivity index (χ1n) is 6.55. The number of nitrogen functional groups attached to an aromatic ring is 1. The van der Waals surface area contributed by atoms with E-state index in [1.807, 2.05) is 7.05 Å². The maximum Gasteiger partial charge on any atom is 0.163 e. The number of anilines is 1. The van der Waals surface area contributed by atoms with Crippen LogP contribution in [0.25, 0.3) is 11.0 Å². The topological polar surface area (TPSA) is 90.9 Å². The van der Waals surface area contributed by atoms with Crippen LogP contribution in [0, 0.1) is 0 Å². The van der Waals surface area contributed by atoms with Gasteiger partial charge in [0.25, 0.3) is 0 Å². The predicted molar refractivity (Wildman–Crippen MR) is 71.2 cm³/mol. The number of nitrogens with two attached hydrogens (primary N) is 1. The van der Waals surface area contributed by atoms with Crippen LogP contribution in [0.1, 0.15) is 31.5 Å². The molecule has 2 aromatic rings. The zero-order chi connectivity index (χ0) is 13.2. The van der Waals surface area contributed by atoms with Crippen molar-refractivity contribution in [3.63, 3.8) is 0 Å². The zero-order valence-electron chi connectivity index (χ0n) is 11.0. The number of fused-ring (bicyclic) bond motifs is 1. The number of hydrogen-bond acceptors (Lipinski definition) is 6. The van der Waals surface area contributed by atoms with E-state index in [-0.39, 0.29) is 0 Å². The van der Waals surface area contributed by atoms with Gasteiger partial charge in [-0.3, -0.25) is 4.68 Å². The molecule has 0 amide bonds. The van der Waals surface area contributed by atoms with Gasteiger partial charge < -0.3 is 10.2 Å². The van der Waals surface area contributed by atoms with Gasteiger partial charge in [0.15, 0.2) is 17.3 Å². The van der Waals surface area contributed by atoms with Crippen molar-refractivity contribution in [1.29, 1.82) is 0 Å². The molecular weight excluding hydrogens is 244 g/mol. The summed E-state index contributed by atoms with van der Waals surface area (Å²) in [6.07, 6.45) is 6.82. The van der Waals surface area contributed by atoms with Crippen molar-refractivity contribution in [3.8, 4) is 0 Å². The van der Waals surface area contributed by atoms with Crippen LogP contribution in [0.15, 0.2) is 6.20 Å². The van der Waals surface area contributed by atoms with E-state index < -0.39 is 0 Å². The van der Waals surface area contributed by atoms with Gasteiger partial charge in [0, 0.05) is 7.05 Å². The first-order valence-corrected chi connectivity index (χ1v) is 6.55. The summed E-state index contributed by atoms with van der Waals surface area (Å²) in [5.74, 6) is 6.72. The van der Waals surface area contributed by atoms with E-state index in [4.69, 9.17) is 10.6 Å². The monoisotopic (exact) mass is 262 g/mol. The fourth-order valence-electron chi connectivity index (χ4n) is 2.49. The van der Waals surface area contributed by atoms with E-state index >= 15 is 0 Å². The number of hydrazine groups is 1. The van der Waals surface area contributed by atoms with Crippen LogP contribution >= 0.6 is 0 Å². The number of ether oxygens (including phenoxy) is 1. The number of nitrogens with one attached hydrogen (secondary N) is 1. The average molecular weight is 262 g/mol. The van der Waals surface area contributed by atoms with Gasteiger partial charge in [-0.25, -0.2) is 15.8 Å². The molecule has 19 heavy (non-hydrogen) atoms. The van der Waals surface area contributed by atoms with Crippen LogP contribution in [0.5, 0.6) is 0 Å². The maximum absolute atomic E-state index is 5.83. The van der Waals surface area contributed by atoms with Crippen molar-refractivity contribution < 1.29 is 4.74 Å². The molecule has 0 radical (unpaired) electrons. The SMILES string of the molecule is Cn1ncc2c(NN)nc(COC3CCCC3)nc21. The second kappa shape index (κ2) is 5.10. The lowest BCUT2D eigenvalue weighted by Crippen LogP contribution is -2.13. The number of nitrogens with zero attached hydrogens (tertiary/aromatic N) is 4. The van der Waals surface area contributed by atoms with Gasteiger partial charge in [-0.2, -0.15) is 5.10 Å². The van der Waals surface area contributed by atoms with Gasteiger partial charge in [-0.1, -0.05) is 12.8 Å². The highest BCUT2D eigenvalue weighted by molar-refractivity contribution is 5.86. The smallest absolute Gasteiger partial charge is 0.163 e. The van der Waals surface area contributed by atoms with Gasteiger partial charge >= 0.3 is 0 Å². The summed E-state index contributed by atoms with van der Waals surface area (Å²) in [6.45, 7) is 0.417. The van der Waals surface area contributed by atoms with Crippen LogP contribution in [0.4, 0.5) is 5.82 Å². The highest BCUT2D eigenvalue weighted by Crippen LogP contribution is 2.23. The zero-order valence-corrected chi connectivity index (χ0v) is 11.0. The quantitative estimate of drug-likeness (QED) is 0.633. The molecule has 7 nitrogen and oxygen atoms in total. The van der Waals surface area contributed by atoms with Crippen molar-refractivity contribution in [2.75, 3.05) is 5.43 Å². The molecule has 2 aromatic heterocycles. The summed E-state index contributed by atoms with van der Waals surface area (Å²) >= 11 is 0. The Kier molecular flexibility index (Phi) is 3.31. The summed E-state index contributed by atoms with van der Waals surface area (Å²) in [6, 6.07) is 0. The van der Waals surface area contributed by atoms with Gasteiger partial charge in [-0.15, -0.1) is 0 Å². The number of rotatable bonds is 4. The summed E-state index contributed by atoms with van der Waals surface area (Å²) < 4.78 is 7.54. The predicted octanol–water partition coefficient (Wildman–Crippen LogP) is 1.11. The highest BCUT2D eigenvalue weighted by atomic mass is 16.5. The standard InChI is InChI=1S/C12H18N6O/c1-18-12-9(6-14-18)11(17-13)15-10(16-12)7-19-8-4-2-3-5-8/h6,8H,2-5,7,13H2,1H3,(H,15,16,17). The molecule has 0 aromatic carbocycles. The molecule has 1 aliphatic rings. The molecule has 0 aliphatic heterocycles. The van der Waals surface area contributed by atoms with Gasteiger partial charge in [0.2, 0.25) is 0 Å². The Morgan fingerprint density at radius 3 is 2.95 bits per heavy atom. The van der Waals surface area contributed by atoms with E-state index in [1.165, 1.54) is 12.8 Å². The third-order valence-corrected chi connectivity index (χ3v) is 3.53. The molecule has 0 unspecified atom stereocenters. The molecule has 0 saturated heterocycles. The van der Waals surface area contributed by atoms with Crippen LogP contribution in [0.2, 0.25) is 0 Å². The largest absolute Gasteiger partial charge is 0.370 e. The molecule has 102 valence electrons. The van der Waals surface area contributed by atoms with E-state index in [0.29, 0.717) is 24.4 Å². The lowest BCUT2D eigenvalue weighted by molar-refractivity contribution is 0.0419. The Labute approximate surface area is 111 Å². The van der Waals surface area contributed by atoms with E-state index in [2.05, 4.69) is 20.5 Å². The Bertz CT molecular complexity index is 575. The van der Waals surface area contributed by atoms with Gasteiger partial charge in [-0.05, 0) is 12.8 Å².